The van der Waals surface area contributed by atoms with Gasteiger partial charge in [0.1, 0.15) is 18.2 Å². The molecule has 7 heteroatoms. The van der Waals surface area contributed by atoms with Gasteiger partial charge in [-0.1, -0.05) is 24.3 Å². The summed E-state index contributed by atoms with van der Waals surface area (Å²) >= 11 is 0. The average molecular weight is 361 g/mol. The van der Waals surface area contributed by atoms with Crippen molar-refractivity contribution in [2.75, 3.05) is 11.9 Å². The smallest absolute Gasteiger partial charge is 0.413 e. The second-order valence-electron chi connectivity index (χ2n) is 6.22. The van der Waals surface area contributed by atoms with Crippen molar-refractivity contribution >= 4 is 22.8 Å². The Hall–Kier alpha value is -3.66. The van der Waals surface area contributed by atoms with Gasteiger partial charge in [0.15, 0.2) is 11.6 Å². The van der Waals surface area contributed by atoms with Crippen molar-refractivity contribution in [3.05, 3.63) is 59.3 Å². The summed E-state index contributed by atoms with van der Waals surface area (Å²) in [7, 11) is 0. The lowest BCUT2D eigenvalue weighted by Crippen LogP contribution is -2.17. The van der Waals surface area contributed by atoms with Gasteiger partial charge in [0.25, 0.3) is 0 Å². The van der Waals surface area contributed by atoms with Crippen LogP contribution in [0, 0.1) is 32.1 Å². The zero-order valence-corrected chi connectivity index (χ0v) is 15.4. The van der Waals surface area contributed by atoms with Gasteiger partial charge < -0.3 is 4.74 Å². The highest BCUT2D eigenvalue weighted by molar-refractivity contribution is 5.88. The molecule has 2 heterocycles. The van der Waals surface area contributed by atoms with Crippen LogP contribution in [0.4, 0.5) is 10.6 Å². The fourth-order valence-corrected chi connectivity index (χ4v) is 2.93. The normalized spacial score (nSPS) is 10.4. The number of pyridine rings is 1. The highest BCUT2D eigenvalue weighted by atomic mass is 16.5. The highest BCUT2D eigenvalue weighted by Gasteiger charge is 2.18. The van der Waals surface area contributed by atoms with Gasteiger partial charge in [-0.3, -0.25) is 5.32 Å². The maximum Gasteiger partial charge on any atom is 0.413 e. The fourth-order valence-electron chi connectivity index (χ4n) is 2.93. The summed E-state index contributed by atoms with van der Waals surface area (Å²) in [5, 5.41) is 17.2. The molecule has 7 nitrogen and oxygen atoms in total. The number of carbonyl (C=O) groups is 1. The Kier molecular flexibility index (Phi) is 4.90. The van der Waals surface area contributed by atoms with E-state index in [2.05, 4.69) is 29.1 Å². The number of benzene rings is 1. The molecular weight excluding hydrogens is 342 g/mol. The van der Waals surface area contributed by atoms with Gasteiger partial charge in [-0.15, -0.1) is 0 Å². The van der Waals surface area contributed by atoms with Crippen LogP contribution in [0.1, 0.15) is 22.3 Å². The Bertz CT molecular complexity index is 1090. The molecule has 1 N–H and O–H groups in total. The van der Waals surface area contributed by atoms with Crippen molar-refractivity contribution in [1.82, 2.24) is 14.8 Å². The molecule has 0 saturated carbocycles. The minimum atomic E-state index is -0.697. The van der Waals surface area contributed by atoms with E-state index < -0.39 is 6.09 Å². The molecule has 0 spiro atoms. The molecule has 27 heavy (non-hydrogen) atoms. The van der Waals surface area contributed by atoms with Gasteiger partial charge in [-0.2, -0.15) is 15.0 Å². The van der Waals surface area contributed by atoms with E-state index in [-0.39, 0.29) is 18.0 Å². The van der Waals surface area contributed by atoms with E-state index in [1.807, 2.05) is 32.9 Å². The van der Waals surface area contributed by atoms with Gasteiger partial charge in [0.05, 0.1) is 11.7 Å². The zero-order chi connectivity index (χ0) is 19.6. The van der Waals surface area contributed by atoms with E-state index in [9.17, 15) is 10.1 Å². The van der Waals surface area contributed by atoms with Crippen molar-refractivity contribution in [3.8, 4) is 11.9 Å². The molecule has 0 bridgehead atoms. The van der Waals surface area contributed by atoms with E-state index in [0.717, 1.165) is 27.6 Å². The van der Waals surface area contributed by atoms with Crippen LogP contribution in [0.3, 0.4) is 0 Å². The van der Waals surface area contributed by atoms with Crippen LogP contribution >= 0.6 is 0 Å². The third kappa shape index (κ3) is 3.51. The Morgan fingerprint density at radius 2 is 2.11 bits per heavy atom. The molecule has 3 rings (SSSR count). The molecule has 1 amide bonds. The van der Waals surface area contributed by atoms with E-state index in [4.69, 9.17) is 9.72 Å². The number of anilines is 1. The number of fused-ring (bicyclic) bond motifs is 1. The number of nitrogens with zero attached hydrogens (tertiary/aromatic N) is 4. The van der Waals surface area contributed by atoms with Crippen molar-refractivity contribution in [3.63, 3.8) is 0 Å². The quantitative estimate of drug-likeness (QED) is 0.710. The Morgan fingerprint density at radius 1 is 1.33 bits per heavy atom. The number of ether oxygens (including phenoxy) is 1. The van der Waals surface area contributed by atoms with E-state index in [0.29, 0.717) is 5.82 Å². The zero-order valence-electron chi connectivity index (χ0n) is 15.4. The van der Waals surface area contributed by atoms with Crippen LogP contribution in [0.2, 0.25) is 0 Å². The summed E-state index contributed by atoms with van der Waals surface area (Å²) in [5.74, 6) is 0.718. The summed E-state index contributed by atoms with van der Waals surface area (Å²) in [4.78, 5) is 16.6. The molecular formula is C20H19N5O2. The van der Waals surface area contributed by atoms with Crippen molar-refractivity contribution < 1.29 is 9.53 Å². The lowest BCUT2D eigenvalue weighted by Gasteiger charge is -2.12. The maximum atomic E-state index is 11.9. The van der Waals surface area contributed by atoms with Crippen LogP contribution < -0.4 is 5.32 Å². The molecule has 0 saturated heterocycles. The van der Waals surface area contributed by atoms with Crippen LogP contribution in [0.15, 0.2) is 37.1 Å². The number of rotatable bonds is 4. The second kappa shape index (κ2) is 7.30. The molecule has 2 aromatic heterocycles. The number of nitriles is 1. The summed E-state index contributed by atoms with van der Waals surface area (Å²) < 4.78 is 6.37. The summed E-state index contributed by atoms with van der Waals surface area (Å²) in [5.41, 5.74) is 4.30. The lowest BCUT2D eigenvalue weighted by atomic mass is 10.0. The van der Waals surface area contributed by atoms with E-state index >= 15 is 0 Å². The number of nitrogens with one attached hydrogen (secondary N) is 1. The first-order valence-electron chi connectivity index (χ1n) is 8.36. The number of amides is 1. The number of hydrogen-bond donors (Lipinski definition) is 1. The molecule has 0 fully saturated rings. The first-order valence-corrected chi connectivity index (χ1v) is 8.36. The third-order valence-electron chi connectivity index (χ3n) is 4.10. The van der Waals surface area contributed by atoms with Gasteiger partial charge in [-0.05, 0) is 44.0 Å². The minimum Gasteiger partial charge on any atom is -0.445 e. The lowest BCUT2D eigenvalue weighted by molar-refractivity contribution is 0.174. The van der Waals surface area contributed by atoms with Gasteiger partial charge in [-0.25, -0.2) is 9.78 Å². The van der Waals surface area contributed by atoms with Crippen molar-refractivity contribution in [1.29, 1.82) is 5.26 Å². The minimum absolute atomic E-state index is 0.0632. The average Bonchev–Trinajstić information content (AvgIpc) is 3.03. The summed E-state index contributed by atoms with van der Waals surface area (Å²) in [6.07, 6.45) is 2.14. The highest BCUT2D eigenvalue weighted by Crippen LogP contribution is 2.26. The SMILES string of the molecule is C=CCOC(=O)Nc1c(C#N)cnn1-c1cc(C)c2cc(C)cc(C)c2n1. The standard InChI is InChI=1S/C20H19N5O2/c1-5-6-27-20(26)24-19-15(10-21)11-22-25(19)17-9-13(3)16-8-12(2)7-14(4)18(16)23-17/h5,7-9,11H,1,6H2,2-4H3,(H,24,26). The molecule has 1 aromatic carbocycles. The van der Waals surface area contributed by atoms with E-state index in [1.165, 1.54) is 17.0 Å². The Morgan fingerprint density at radius 3 is 2.81 bits per heavy atom. The first-order chi connectivity index (χ1) is 12.9. The van der Waals surface area contributed by atoms with Gasteiger partial charge in [0, 0.05) is 5.39 Å². The predicted molar refractivity (Wildman–Crippen MR) is 103 cm³/mol. The van der Waals surface area contributed by atoms with Crippen molar-refractivity contribution in [2.45, 2.75) is 20.8 Å². The van der Waals surface area contributed by atoms with E-state index in [1.54, 1.807) is 0 Å². The van der Waals surface area contributed by atoms with Crippen LogP contribution in [-0.4, -0.2) is 27.5 Å². The van der Waals surface area contributed by atoms with Crippen molar-refractivity contribution in [2.24, 2.45) is 0 Å². The number of carbonyl (C=O) groups excluding carboxylic acids is 1. The molecule has 3 aromatic rings. The summed E-state index contributed by atoms with van der Waals surface area (Å²) in [6, 6.07) is 8.04. The number of hydrogen-bond acceptors (Lipinski definition) is 5. The van der Waals surface area contributed by atoms with Crippen LogP contribution in [0.25, 0.3) is 16.7 Å². The number of aromatic nitrogens is 3. The maximum absolute atomic E-state index is 11.9. The molecule has 0 atom stereocenters. The largest absolute Gasteiger partial charge is 0.445 e. The first kappa shape index (κ1) is 18.1. The van der Waals surface area contributed by atoms with Crippen LogP contribution in [-0.2, 0) is 4.74 Å². The molecule has 136 valence electrons. The molecule has 0 radical (unpaired) electrons. The third-order valence-corrected chi connectivity index (χ3v) is 4.10. The molecule has 0 aliphatic carbocycles. The predicted octanol–water partition coefficient (Wildman–Crippen LogP) is 3.95. The van der Waals surface area contributed by atoms with Gasteiger partial charge >= 0.3 is 6.09 Å². The summed E-state index contributed by atoms with van der Waals surface area (Å²) in [6.45, 7) is 9.60. The monoisotopic (exact) mass is 361 g/mol. The van der Waals surface area contributed by atoms with Gasteiger partial charge in [0.2, 0.25) is 0 Å². The fraction of sp³-hybridized carbons (Fsp3) is 0.200. The molecule has 0 unspecified atom stereocenters. The second-order valence-corrected chi connectivity index (χ2v) is 6.22. The molecule has 0 aliphatic heterocycles. The van der Waals surface area contributed by atoms with Crippen LogP contribution in [0.5, 0.6) is 0 Å². The molecule has 0 aliphatic rings. The Labute approximate surface area is 156 Å². The number of aryl methyl sites for hydroxylation is 3. The Balaban J connectivity index is 2.12. The topological polar surface area (TPSA) is 92.8 Å².